The number of hydrogen-bond acceptors (Lipinski definition) is 4. The minimum atomic E-state index is -3.03. The molecule has 1 fully saturated rings. The van der Waals surface area contributed by atoms with E-state index in [-0.39, 0.29) is 23.5 Å². The Labute approximate surface area is 136 Å². The fourth-order valence-corrected chi connectivity index (χ4v) is 5.04. The van der Waals surface area contributed by atoms with Crippen LogP contribution in [0.15, 0.2) is 22.6 Å². The number of nitrogens with zero attached hydrogens (tertiary/aromatic N) is 1. The van der Waals surface area contributed by atoms with E-state index in [0.717, 1.165) is 22.1 Å². The van der Waals surface area contributed by atoms with Crippen molar-refractivity contribution >= 4 is 26.7 Å². The highest BCUT2D eigenvalue weighted by molar-refractivity contribution is 7.91. The molecule has 1 unspecified atom stereocenters. The minimum absolute atomic E-state index is 0.0465. The van der Waals surface area contributed by atoms with Gasteiger partial charge in [0.1, 0.15) is 5.58 Å². The molecular weight excluding hydrogens is 314 g/mol. The van der Waals surface area contributed by atoms with E-state index in [2.05, 4.69) is 0 Å². The zero-order valence-corrected chi connectivity index (χ0v) is 14.4. The number of rotatable bonds is 3. The first-order chi connectivity index (χ1) is 10.8. The van der Waals surface area contributed by atoms with Gasteiger partial charge in [-0.15, -0.1) is 0 Å². The summed E-state index contributed by atoms with van der Waals surface area (Å²) in [7, 11) is -3.03. The molecule has 2 heterocycles. The first kappa shape index (κ1) is 16.1. The Morgan fingerprint density at radius 2 is 2.09 bits per heavy atom. The fourth-order valence-electron chi connectivity index (χ4n) is 3.31. The smallest absolute Gasteiger partial charge is 0.290 e. The van der Waals surface area contributed by atoms with E-state index in [1.165, 1.54) is 0 Å². The predicted molar refractivity (Wildman–Crippen MR) is 89.5 cm³/mol. The molecule has 0 saturated carbocycles. The van der Waals surface area contributed by atoms with Crippen LogP contribution in [0.2, 0.25) is 0 Å². The molecule has 1 aliphatic heterocycles. The van der Waals surface area contributed by atoms with Crippen LogP contribution >= 0.6 is 0 Å². The summed E-state index contributed by atoms with van der Waals surface area (Å²) in [5.41, 5.74) is 2.52. The van der Waals surface area contributed by atoms with E-state index in [1.807, 2.05) is 39.0 Å². The maximum Gasteiger partial charge on any atom is 0.290 e. The summed E-state index contributed by atoms with van der Waals surface area (Å²) in [5, 5.41) is 0.934. The maximum absolute atomic E-state index is 12.9. The van der Waals surface area contributed by atoms with Gasteiger partial charge in [0.15, 0.2) is 15.6 Å². The lowest BCUT2D eigenvalue weighted by atomic mass is 10.1. The van der Waals surface area contributed by atoms with Crippen LogP contribution in [0.25, 0.3) is 11.0 Å². The lowest BCUT2D eigenvalue weighted by molar-refractivity contribution is 0.0677. The lowest BCUT2D eigenvalue weighted by Gasteiger charge is -2.26. The Hall–Kier alpha value is -1.82. The molecule has 0 radical (unpaired) electrons. The minimum Gasteiger partial charge on any atom is -0.450 e. The third kappa shape index (κ3) is 2.76. The number of aryl methyl sites for hydroxylation is 2. The molecule has 1 amide bonds. The maximum atomic E-state index is 12.9. The Morgan fingerprint density at radius 3 is 2.65 bits per heavy atom. The zero-order chi connectivity index (χ0) is 16.8. The Kier molecular flexibility index (Phi) is 3.96. The van der Waals surface area contributed by atoms with Gasteiger partial charge in [0.05, 0.1) is 11.5 Å². The van der Waals surface area contributed by atoms with Crippen molar-refractivity contribution in [3.63, 3.8) is 0 Å². The van der Waals surface area contributed by atoms with Crippen molar-refractivity contribution in [2.75, 3.05) is 18.1 Å². The summed E-state index contributed by atoms with van der Waals surface area (Å²) < 4.78 is 29.3. The molecule has 23 heavy (non-hydrogen) atoms. The van der Waals surface area contributed by atoms with Crippen LogP contribution in [0.3, 0.4) is 0 Å². The number of amides is 1. The van der Waals surface area contributed by atoms with Gasteiger partial charge in [0, 0.05) is 23.5 Å². The number of fused-ring (bicyclic) bond motifs is 1. The van der Waals surface area contributed by atoms with Crippen LogP contribution in [0.5, 0.6) is 0 Å². The highest BCUT2D eigenvalue weighted by atomic mass is 32.2. The van der Waals surface area contributed by atoms with E-state index < -0.39 is 9.84 Å². The second kappa shape index (κ2) is 5.67. The molecular formula is C17H21NO4S. The summed E-state index contributed by atoms with van der Waals surface area (Å²) in [6.07, 6.45) is 0.500. The van der Waals surface area contributed by atoms with Crippen LogP contribution in [-0.2, 0) is 9.84 Å². The number of carbonyl (C=O) groups excluding carboxylic acids is 1. The molecule has 0 bridgehead atoms. The highest BCUT2D eigenvalue weighted by Crippen LogP contribution is 2.29. The molecule has 1 aromatic carbocycles. The van der Waals surface area contributed by atoms with Gasteiger partial charge in [0.25, 0.3) is 5.91 Å². The van der Waals surface area contributed by atoms with Crippen LogP contribution in [0, 0.1) is 13.8 Å². The fraction of sp³-hybridized carbons (Fsp3) is 0.471. The quantitative estimate of drug-likeness (QED) is 0.865. The van der Waals surface area contributed by atoms with Gasteiger partial charge >= 0.3 is 0 Å². The number of sulfone groups is 1. The molecule has 1 aliphatic rings. The summed E-state index contributed by atoms with van der Waals surface area (Å²) in [6.45, 7) is 6.15. The summed E-state index contributed by atoms with van der Waals surface area (Å²) >= 11 is 0. The third-order valence-electron chi connectivity index (χ3n) is 4.61. The molecule has 0 spiro atoms. The van der Waals surface area contributed by atoms with Gasteiger partial charge in [-0.05, 0) is 32.8 Å². The van der Waals surface area contributed by atoms with Gasteiger partial charge in [-0.3, -0.25) is 4.79 Å². The molecule has 5 nitrogen and oxygen atoms in total. The topological polar surface area (TPSA) is 67.6 Å². The number of furan rings is 1. The highest BCUT2D eigenvalue weighted by Gasteiger charge is 2.35. The van der Waals surface area contributed by atoms with Gasteiger partial charge in [-0.2, -0.15) is 0 Å². The first-order valence-electron chi connectivity index (χ1n) is 7.84. The van der Waals surface area contributed by atoms with Crippen molar-refractivity contribution < 1.29 is 17.6 Å². The molecule has 3 rings (SSSR count). The summed E-state index contributed by atoms with van der Waals surface area (Å²) in [4.78, 5) is 14.5. The first-order valence-corrected chi connectivity index (χ1v) is 9.66. The van der Waals surface area contributed by atoms with Crippen molar-refractivity contribution in [3.8, 4) is 0 Å². The van der Waals surface area contributed by atoms with Crippen LogP contribution in [0.4, 0.5) is 0 Å². The molecule has 2 aromatic rings. The largest absolute Gasteiger partial charge is 0.450 e. The zero-order valence-electron chi connectivity index (χ0n) is 13.6. The third-order valence-corrected chi connectivity index (χ3v) is 6.36. The Morgan fingerprint density at radius 1 is 1.35 bits per heavy atom. The second-order valence-electron chi connectivity index (χ2n) is 6.16. The van der Waals surface area contributed by atoms with E-state index in [1.54, 1.807) is 4.90 Å². The monoisotopic (exact) mass is 335 g/mol. The number of hydrogen-bond donors (Lipinski definition) is 0. The molecule has 1 atom stereocenters. The molecule has 1 aromatic heterocycles. The molecule has 1 saturated heterocycles. The number of para-hydroxylation sites is 1. The predicted octanol–water partition coefficient (Wildman–Crippen LogP) is 2.70. The van der Waals surface area contributed by atoms with Crippen molar-refractivity contribution in [2.45, 2.75) is 33.2 Å². The molecule has 0 aliphatic carbocycles. The summed E-state index contributed by atoms with van der Waals surface area (Å²) in [6, 6.07) is 5.57. The molecule has 6 heteroatoms. The number of carbonyl (C=O) groups is 1. The van der Waals surface area contributed by atoms with E-state index in [9.17, 15) is 13.2 Å². The average Bonchev–Trinajstić information content (AvgIpc) is 3.02. The molecule has 124 valence electrons. The van der Waals surface area contributed by atoms with Gasteiger partial charge in [0.2, 0.25) is 0 Å². The van der Waals surface area contributed by atoms with Gasteiger partial charge < -0.3 is 9.32 Å². The standard InChI is InChI=1S/C17H21NO4S/c1-4-18(13-8-9-23(20,21)10-13)17(19)16-12(3)14-7-5-6-11(2)15(14)22-16/h5-7,13H,4,8-10H2,1-3H3. The summed E-state index contributed by atoms with van der Waals surface area (Å²) in [5.74, 6) is 0.299. The van der Waals surface area contributed by atoms with Crippen LogP contribution in [0.1, 0.15) is 35.0 Å². The second-order valence-corrected chi connectivity index (χ2v) is 8.38. The van der Waals surface area contributed by atoms with E-state index >= 15 is 0 Å². The average molecular weight is 335 g/mol. The van der Waals surface area contributed by atoms with E-state index in [4.69, 9.17) is 4.42 Å². The van der Waals surface area contributed by atoms with Gasteiger partial charge in [-0.25, -0.2) is 8.42 Å². The molecule has 0 N–H and O–H groups in total. The van der Waals surface area contributed by atoms with Crippen molar-refractivity contribution in [2.24, 2.45) is 0 Å². The lowest BCUT2D eigenvalue weighted by Crippen LogP contribution is -2.41. The normalized spacial score (nSPS) is 20.0. The number of benzene rings is 1. The van der Waals surface area contributed by atoms with Gasteiger partial charge in [-0.1, -0.05) is 18.2 Å². The van der Waals surface area contributed by atoms with Crippen molar-refractivity contribution in [3.05, 3.63) is 35.1 Å². The Bertz CT molecular complexity index is 866. The van der Waals surface area contributed by atoms with Crippen molar-refractivity contribution in [1.29, 1.82) is 0 Å². The van der Waals surface area contributed by atoms with Crippen molar-refractivity contribution in [1.82, 2.24) is 4.90 Å². The SMILES string of the molecule is CCN(C(=O)c1oc2c(C)cccc2c1C)C1CCS(=O)(=O)C1. The Balaban J connectivity index is 1.99. The van der Waals surface area contributed by atoms with Crippen LogP contribution in [-0.4, -0.2) is 43.3 Å². The van der Waals surface area contributed by atoms with Crippen LogP contribution < -0.4 is 0 Å². The van der Waals surface area contributed by atoms with E-state index in [0.29, 0.717) is 18.7 Å².